The topological polar surface area (TPSA) is 89.3 Å². The number of halogens is 4. The summed E-state index contributed by atoms with van der Waals surface area (Å²) in [7, 11) is -4.41. The number of sulfonamides is 1. The molecule has 23 heavy (non-hydrogen) atoms. The van der Waals surface area contributed by atoms with E-state index >= 15 is 0 Å². The first-order valence-corrected chi connectivity index (χ1v) is 7.42. The highest BCUT2D eigenvalue weighted by atomic mass is 32.2. The van der Waals surface area contributed by atoms with E-state index in [0.29, 0.717) is 24.3 Å². The summed E-state index contributed by atoms with van der Waals surface area (Å²) in [5.74, 6) is -6.92. The van der Waals surface area contributed by atoms with Crippen LogP contribution in [0.3, 0.4) is 0 Å². The molecule has 0 heterocycles. The summed E-state index contributed by atoms with van der Waals surface area (Å²) >= 11 is 0. The van der Waals surface area contributed by atoms with Gasteiger partial charge in [0.1, 0.15) is 10.7 Å². The zero-order chi connectivity index (χ0) is 17.4. The highest BCUT2D eigenvalue weighted by molar-refractivity contribution is 7.89. The predicted molar refractivity (Wildman–Crippen MR) is 72.0 cm³/mol. The van der Waals surface area contributed by atoms with E-state index < -0.39 is 49.8 Å². The Kier molecular flexibility index (Phi) is 4.39. The molecule has 0 aliphatic carbocycles. The third-order valence-corrected chi connectivity index (χ3v) is 3.67. The molecule has 5 nitrogen and oxygen atoms in total. The lowest BCUT2D eigenvalue weighted by atomic mass is 10.2. The van der Waals surface area contributed by atoms with Crippen molar-refractivity contribution in [2.75, 3.05) is 5.32 Å². The van der Waals surface area contributed by atoms with Crippen molar-refractivity contribution in [2.45, 2.75) is 4.90 Å². The summed E-state index contributed by atoms with van der Waals surface area (Å²) in [6.45, 7) is 0. The van der Waals surface area contributed by atoms with Crippen LogP contribution in [-0.4, -0.2) is 14.3 Å². The number of benzene rings is 2. The van der Waals surface area contributed by atoms with Crippen LogP contribution in [0.4, 0.5) is 23.2 Å². The molecule has 3 N–H and O–H groups in total. The van der Waals surface area contributed by atoms with E-state index in [1.54, 1.807) is 0 Å². The molecular formula is C13H8F4N2O3S. The van der Waals surface area contributed by atoms with E-state index in [0.717, 1.165) is 6.07 Å². The second-order valence-electron chi connectivity index (χ2n) is 4.40. The lowest BCUT2D eigenvalue weighted by Gasteiger charge is -2.08. The fraction of sp³-hybridized carbons (Fsp3) is 0. The number of nitrogens with two attached hydrogens (primary N) is 1. The van der Waals surface area contributed by atoms with Crippen LogP contribution >= 0.6 is 0 Å². The zero-order valence-corrected chi connectivity index (χ0v) is 11.9. The first-order chi connectivity index (χ1) is 10.6. The minimum absolute atomic E-state index is 0.333. The van der Waals surface area contributed by atoms with Gasteiger partial charge in [0.15, 0.2) is 17.5 Å². The van der Waals surface area contributed by atoms with Crippen LogP contribution in [0.25, 0.3) is 0 Å². The molecule has 0 aromatic heterocycles. The third kappa shape index (κ3) is 3.66. The van der Waals surface area contributed by atoms with Gasteiger partial charge in [-0.25, -0.2) is 31.1 Å². The number of primary sulfonamides is 1. The van der Waals surface area contributed by atoms with Gasteiger partial charge in [0.25, 0.3) is 5.91 Å². The number of hydrogen-bond donors (Lipinski definition) is 2. The van der Waals surface area contributed by atoms with E-state index in [2.05, 4.69) is 0 Å². The predicted octanol–water partition coefficient (Wildman–Crippen LogP) is 2.14. The first-order valence-electron chi connectivity index (χ1n) is 5.88. The van der Waals surface area contributed by atoms with E-state index in [-0.39, 0.29) is 5.56 Å². The lowest BCUT2D eigenvalue weighted by molar-refractivity contribution is 0.102. The normalized spacial score (nSPS) is 11.3. The zero-order valence-electron chi connectivity index (χ0n) is 11.1. The molecule has 0 aliphatic heterocycles. The molecule has 0 bridgehead atoms. The Balaban J connectivity index is 2.35. The average molecular weight is 348 g/mol. The Bertz CT molecular complexity index is 877. The van der Waals surface area contributed by atoms with Gasteiger partial charge >= 0.3 is 0 Å². The van der Waals surface area contributed by atoms with Crippen molar-refractivity contribution in [1.82, 2.24) is 0 Å². The van der Waals surface area contributed by atoms with E-state index in [1.165, 1.54) is 0 Å². The van der Waals surface area contributed by atoms with E-state index in [1.807, 2.05) is 5.32 Å². The Morgan fingerprint density at radius 2 is 1.52 bits per heavy atom. The quantitative estimate of drug-likeness (QED) is 0.658. The molecule has 2 rings (SSSR count). The minimum atomic E-state index is -4.41. The fourth-order valence-corrected chi connectivity index (χ4v) is 2.32. The SMILES string of the molecule is NS(=O)(=O)c1cc(C(=O)Nc2cc(F)c(F)c(F)c2)ccc1F. The molecule has 0 unspecified atom stereocenters. The Labute approximate surface area is 127 Å². The molecule has 2 aromatic rings. The Morgan fingerprint density at radius 3 is 2.04 bits per heavy atom. The number of nitrogens with one attached hydrogen (secondary N) is 1. The van der Waals surface area contributed by atoms with E-state index in [4.69, 9.17) is 5.14 Å². The van der Waals surface area contributed by atoms with Crippen molar-refractivity contribution in [3.05, 3.63) is 59.2 Å². The van der Waals surface area contributed by atoms with Crippen LogP contribution in [0.2, 0.25) is 0 Å². The molecule has 0 aliphatic rings. The highest BCUT2D eigenvalue weighted by Crippen LogP contribution is 2.19. The Hall–Kier alpha value is -2.46. The number of carbonyl (C=O) groups is 1. The van der Waals surface area contributed by atoms with Crippen LogP contribution in [0.15, 0.2) is 35.2 Å². The lowest BCUT2D eigenvalue weighted by Crippen LogP contribution is -2.17. The molecule has 122 valence electrons. The minimum Gasteiger partial charge on any atom is -0.322 e. The molecule has 0 radical (unpaired) electrons. The highest BCUT2D eigenvalue weighted by Gasteiger charge is 2.18. The van der Waals surface area contributed by atoms with Crippen molar-refractivity contribution in [2.24, 2.45) is 5.14 Å². The first kappa shape index (κ1) is 16.9. The smallest absolute Gasteiger partial charge is 0.255 e. The van der Waals surface area contributed by atoms with Crippen molar-refractivity contribution < 1.29 is 30.8 Å². The Morgan fingerprint density at radius 1 is 0.957 bits per heavy atom. The van der Waals surface area contributed by atoms with Crippen LogP contribution in [0, 0.1) is 23.3 Å². The van der Waals surface area contributed by atoms with Gasteiger partial charge in [0.05, 0.1) is 0 Å². The number of anilines is 1. The molecule has 0 atom stereocenters. The summed E-state index contributed by atoms with van der Waals surface area (Å²) in [6, 6.07) is 3.35. The standard InChI is InChI=1S/C13H8F4N2O3S/c14-8-2-1-6(3-11(8)23(18,21)22)13(20)19-7-4-9(15)12(17)10(16)5-7/h1-5H,(H,19,20)(H2,18,21,22). The molecule has 0 saturated carbocycles. The number of carbonyl (C=O) groups excluding carboxylic acids is 1. The van der Waals surface area contributed by atoms with Crippen LogP contribution in [0.5, 0.6) is 0 Å². The van der Waals surface area contributed by atoms with Gasteiger partial charge in [-0.1, -0.05) is 0 Å². The third-order valence-electron chi connectivity index (χ3n) is 2.74. The summed E-state index contributed by atoms with van der Waals surface area (Å²) in [5.41, 5.74) is -0.742. The van der Waals surface area contributed by atoms with E-state index in [9.17, 15) is 30.8 Å². The van der Waals surface area contributed by atoms with Gasteiger partial charge in [-0.2, -0.15) is 0 Å². The van der Waals surface area contributed by atoms with Crippen molar-refractivity contribution in [1.29, 1.82) is 0 Å². The average Bonchev–Trinajstić information content (AvgIpc) is 2.43. The fourth-order valence-electron chi connectivity index (χ4n) is 1.69. The van der Waals surface area contributed by atoms with Gasteiger partial charge < -0.3 is 5.32 Å². The largest absolute Gasteiger partial charge is 0.322 e. The molecule has 0 fully saturated rings. The second-order valence-corrected chi connectivity index (χ2v) is 5.93. The molecular weight excluding hydrogens is 340 g/mol. The molecule has 2 aromatic carbocycles. The van der Waals surface area contributed by atoms with Crippen LogP contribution < -0.4 is 10.5 Å². The second kappa shape index (κ2) is 5.97. The molecule has 10 heteroatoms. The van der Waals surface area contributed by atoms with Gasteiger partial charge in [0, 0.05) is 23.4 Å². The molecule has 1 amide bonds. The van der Waals surface area contributed by atoms with Gasteiger partial charge in [-0.15, -0.1) is 0 Å². The van der Waals surface area contributed by atoms with Crippen LogP contribution in [-0.2, 0) is 10.0 Å². The summed E-state index contributed by atoms with van der Waals surface area (Å²) in [5, 5.41) is 6.82. The van der Waals surface area contributed by atoms with Gasteiger partial charge in [-0.3, -0.25) is 4.79 Å². The van der Waals surface area contributed by atoms with Crippen molar-refractivity contribution >= 4 is 21.6 Å². The number of hydrogen-bond acceptors (Lipinski definition) is 3. The maximum Gasteiger partial charge on any atom is 0.255 e. The molecule has 0 saturated heterocycles. The summed E-state index contributed by atoms with van der Waals surface area (Å²) < 4.78 is 74.7. The maximum absolute atomic E-state index is 13.4. The van der Waals surface area contributed by atoms with Gasteiger partial charge in [-0.05, 0) is 18.2 Å². The number of rotatable bonds is 3. The number of amides is 1. The summed E-state index contributed by atoms with van der Waals surface area (Å²) in [6.07, 6.45) is 0. The molecule has 0 spiro atoms. The summed E-state index contributed by atoms with van der Waals surface area (Å²) in [4.78, 5) is 11.0. The maximum atomic E-state index is 13.4. The van der Waals surface area contributed by atoms with Gasteiger partial charge in [0.2, 0.25) is 10.0 Å². The van der Waals surface area contributed by atoms with Crippen LogP contribution in [0.1, 0.15) is 10.4 Å². The van der Waals surface area contributed by atoms with Crippen molar-refractivity contribution in [3.63, 3.8) is 0 Å². The monoisotopic (exact) mass is 348 g/mol. The van der Waals surface area contributed by atoms with Crippen molar-refractivity contribution in [3.8, 4) is 0 Å².